The lowest BCUT2D eigenvalue weighted by atomic mass is 10.1. The van der Waals surface area contributed by atoms with E-state index in [0.29, 0.717) is 29.2 Å². The van der Waals surface area contributed by atoms with Crippen LogP contribution in [0.2, 0.25) is 0 Å². The lowest BCUT2D eigenvalue weighted by Gasteiger charge is -2.19. The molecule has 0 saturated carbocycles. The van der Waals surface area contributed by atoms with Crippen molar-refractivity contribution in [3.8, 4) is 0 Å². The predicted octanol–water partition coefficient (Wildman–Crippen LogP) is 5.23. The Kier molecular flexibility index (Phi) is 7.61. The first-order valence-corrected chi connectivity index (χ1v) is 11.0. The highest BCUT2D eigenvalue weighted by Gasteiger charge is 2.29. The second-order valence-corrected chi connectivity index (χ2v) is 8.65. The molecule has 10 heteroatoms. The molecular weight excluding hydrogens is 463 g/mol. The number of para-hydroxylation sites is 1. The van der Waals surface area contributed by atoms with Gasteiger partial charge in [-0.05, 0) is 35.7 Å². The van der Waals surface area contributed by atoms with Crippen molar-refractivity contribution >= 4 is 29.6 Å². The molecule has 0 aliphatic rings. The average molecular weight is 490 g/mol. The molecule has 1 aromatic heterocycles. The quantitative estimate of drug-likeness (QED) is 0.282. The molecule has 0 spiro atoms. The fourth-order valence-corrected chi connectivity index (χ4v) is 3.64. The van der Waals surface area contributed by atoms with Crippen molar-refractivity contribution in [2.24, 2.45) is 18.0 Å². The number of halogens is 3. The minimum Gasteiger partial charge on any atom is -0.384 e. The Labute approximate surface area is 200 Å². The topological polar surface area (TPSA) is 77.3 Å². The number of aliphatic imine (C=N–C) groups is 1. The van der Waals surface area contributed by atoms with E-state index in [4.69, 9.17) is 18.0 Å². The fourth-order valence-electron chi connectivity index (χ4n) is 3.36. The van der Waals surface area contributed by atoms with Gasteiger partial charge in [0.2, 0.25) is 0 Å². The SMILES string of the molecule is CC(C)Cn1c(N)c(C(=NCc2ccc(C(F)(F)F)cc2)Nc2ccccc2)c(=S)n(C)c1=O. The van der Waals surface area contributed by atoms with Crippen molar-refractivity contribution in [1.29, 1.82) is 0 Å². The van der Waals surface area contributed by atoms with Crippen LogP contribution in [0.4, 0.5) is 24.7 Å². The van der Waals surface area contributed by atoms with E-state index in [9.17, 15) is 18.0 Å². The van der Waals surface area contributed by atoms with E-state index < -0.39 is 11.7 Å². The summed E-state index contributed by atoms with van der Waals surface area (Å²) in [6, 6.07) is 14.0. The molecule has 3 rings (SSSR count). The number of amidine groups is 1. The van der Waals surface area contributed by atoms with Gasteiger partial charge in [0.25, 0.3) is 0 Å². The maximum atomic E-state index is 12.9. The molecular formula is C24H26F3N5OS. The minimum absolute atomic E-state index is 0.0779. The van der Waals surface area contributed by atoms with Crippen LogP contribution in [0.1, 0.15) is 30.5 Å². The van der Waals surface area contributed by atoms with Crippen LogP contribution in [0.3, 0.4) is 0 Å². The van der Waals surface area contributed by atoms with E-state index >= 15 is 0 Å². The molecule has 0 bridgehead atoms. The maximum absolute atomic E-state index is 12.9. The van der Waals surface area contributed by atoms with Crippen LogP contribution in [-0.4, -0.2) is 15.0 Å². The van der Waals surface area contributed by atoms with Gasteiger partial charge in [-0.3, -0.25) is 14.1 Å². The first kappa shape index (κ1) is 25.2. The van der Waals surface area contributed by atoms with Crippen LogP contribution in [0.15, 0.2) is 64.4 Å². The number of benzene rings is 2. The first-order valence-electron chi connectivity index (χ1n) is 10.6. The molecule has 34 heavy (non-hydrogen) atoms. The molecule has 0 aliphatic carbocycles. The molecule has 3 aromatic rings. The van der Waals surface area contributed by atoms with E-state index in [1.807, 2.05) is 44.2 Å². The Morgan fingerprint density at radius 1 is 1.12 bits per heavy atom. The number of nitrogens with one attached hydrogen (secondary N) is 1. The van der Waals surface area contributed by atoms with Crippen LogP contribution in [0.5, 0.6) is 0 Å². The van der Waals surface area contributed by atoms with E-state index in [0.717, 1.165) is 12.1 Å². The Morgan fingerprint density at radius 3 is 2.29 bits per heavy atom. The van der Waals surface area contributed by atoms with Gasteiger partial charge in [-0.1, -0.05) is 56.4 Å². The Bertz CT molecular complexity index is 1290. The molecule has 180 valence electrons. The fraction of sp³-hybridized carbons (Fsp3) is 0.292. The molecule has 0 saturated heterocycles. The molecule has 3 N–H and O–H groups in total. The molecule has 0 unspecified atom stereocenters. The van der Waals surface area contributed by atoms with Crippen LogP contribution in [-0.2, 0) is 26.3 Å². The van der Waals surface area contributed by atoms with Gasteiger partial charge in [0.1, 0.15) is 16.3 Å². The number of hydrogen-bond donors (Lipinski definition) is 2. The number of alkyl halides is 3. The average Bonchev–Trinajstić information content (AvgIpc) is 2.79. The molecule has 0 amide bonds. The third kappa shape index (κ3) is 5.74. The highest BCUT2D eigenvalue weighted by Crippen LogP contribution is 2.29. The van der Waals surface area contributed by atoms with Crippen LogP contribution < -0.4 is 16.7 Å². The largest absolute Gasteiger partial charge is 0.416 e. The van der Waals surface area contributed by atoms with Crippen LogP contribution >= 0.6 is 12.2 Å². The number of rotatable bonds is 6. The van der Waals surface area contributed by atoms with Crippen LogP contribution in [0, 0.1) is 10.6 Å². The lowest BCUT2D eigenvalue weighted by Crippen LogP contribution is -2.36. The van der Waals surface area contributed by atoms with Gasteiger partial charge in [0.15, 0.2) is 0 Å². The van der Waals surface area contributed by atoms with Gasteiger partial charge in [-0.25, -0.2) is 4.79 Å². The third-order valence-electron chi connectivity index (χ3n) is 5.11. The molecule has 0 atom stereocenters. The lowest BCUT2D eigenvalue weighted by molar-refractivity contribution is -0.137. The third-order valence-corrected chi connectivity index (χ3v) is 5.58. The zero-order valence-corrected chi connectivity index (χ0v) is 19.9. The van der Waals surface area contributed by atoms with Gasteiger partial charge >= 0.3 is 11.9 Å². The number of aromatic nitrogens is 2. The van der Waals surface area contributed by atoms with Crippen molar-refractivity contribution < 1.29 is 13.2 Å². The monoisotopic (exact) mass is 489 g/mol. The summed E-state index contributed by atoms with van der Waals surface area (Å²) in [5, 5.41) is 3.20. The van der Waals surface area contributed by atoms with Crippen molar-refractivity contribution in [3.63, 3.8) is 0 Å². The summed E-state index contributed by atoms with van der Waals surface area (Å²) in [4.78, 5) is 17.4. The van der Waals surface area contributed by atoms with Crippen molar-refractivity contribution in [2.45, 2.75) is 33.1 Å². The zero-order chi connectivity index (χ0) is 25.0. The number of nitrogen functional groups attached to an aromatic ring is 1. The summed E-state index contributed by atoms with van der Waals surface area (Å²) in [6.45, 7) is 4.40. The van der Waals surface area contributed by atoms with Crippen molar-refractivity contribution in [1.82, 2.24) is 9.13 Å². The summed E-state index contributed by atoms with van der Waals surface area (Å²) in [7, 11) is 1.57. The summed E-state index contributed by atoms with van der Waals surface area (Å²) in [6.07, 6.45) is -4.41. The van der Waals surface area contributed by atoms with Gasteiger partial charge in [-0.2, -0.15) is 13.2 Å². The Hall–Kier alpha value is -3.40. The normalized spacial score (nSPS) is 12.3. The van der Waals surface area contributed by atoms with Gasteiger partial charge < -0.3 is 11.1 Å². The summed E-state index contributed by atoms with van der Waals surface area (Å²) in [5.41, 5.74) is 7.04. The molecule has 0 fully saturated rings. The van der Waals surface area contributed by atoms with Crippen molar-refractivity contribution in [2.75, 3.05) is 11.1 Å². The molecule has 2 aromatic carbocycles. The standard InChI is InChI=1S/C24H26F3N5OS/c1-15(2)14-32-20(28)19(22(34)31(3)23(32)33)21(30-18-7-5-4-6-8-18)29-13-16-9-11-17(12-10-16)24(25,26)27/h4-12,15H,13-14,28H2,1-3H3,(H,29,30). The van der Waals surface area contributed by atoms with Gasteiger partial charge in [0, 0.05) is 19.3 Å². The smallest absolute Gasteiger partial charge is 0.384 e. The van der Waals surface area contributed by atoms with Gasteiger partial charge in [-0.15, -0.1) is 0 Å². The number of nitrogens with two attached hydrogens (primary N) is 1. The summed E-state index contributed by atoms with van der Waals surface area (Å²) in [5.74, 6) is 0.650. The summed E-state index contributed by atoms with van der Waals surface area (Å²) < 4.78 is 41.7. The highest BCUT2D eigenvalue weighted by molar-refractivity contribution is 7.71. The van der Waals surface area contributed by atoms with E-state index in [-0.39, 0.29) is 28.6 Å². The minimum atomic E-state index is -4.41. The number of anilines is 2. The molecule has 6 nitrogen and oxygen atoms in total. The molecule has 0 radical (unpaired) electrons. The van der Waals surface area contributed by atoms with Gasteiger partial charge in [0.05, 0.1) is 17.7 Å². The maximum Gasteiger partial charge on any atom is 0.416 e. The van der Waals surface area contributed by atoms with E-state index in [2.05, 4.69) is 10.3 Å². The highest BCUT2D eigenvalue weighted by atomic mass is 32.1. The second kappa shape index (κ2) is 10.3. The summed E-state index contributed by atoms with van der Waals surface area (Å²) >= 11 is 5.55. The number of hydrogen-bond acceptors (Lipinski definition) is 4. The zero-order valence-electron chi connectivity index (χ0n) is 19.1. The Morgan fingerprint density at radius 2 is 1.74 bits per heavy atom. The van der Waals surface area contributed by atoms with E-state index in [1.54, 1.807) is 7.05 Å². The van der Waals surface area contributed by atoms with Crippen LogP contribution in [0.25, 0.3) is 0 Å². The second-order valence-electron chi connectivity index (χ2n) is 8.26. The molecule has 1 heterocycles. The molecule has 0 aliphatic heterocycles. The van der Waals surface area contributed by atoms with E-state index in [1.165, 1.54) is 21.3 Å². The number of nitrogens with zero attached hydrogens (tertiary/aromatic N) is 3. The van der Waals surface area contributed by atoms with Crippen molar-refractivity contribution in [3.05, 3.63) is 86.4 Å². The first-order chi connectivity index (χ1) is 16.0. The predicted molar refractivity (Wildman–Crippen MR) is 132 cm³/mol. The Balaban J connectivity index is 2.11.